The van der Waals surface area contributed by atoms with E-state index < -0.39 is 0 Å². The van der Waals surface area contributed by atoms with Gasteiger partial charge in [-0.2, -0.15) is 0 Å². The number of hydrogen-bond donors (Lipinski definition) is 1. The van der Waals surface area contributed by atoms with E-state index >= 15 is 0 Å². The van der Waals surface area contributed by atoms with Gasteiger partial charge in [-0.25, -0.2) is 0 Å². The van der Waals surface area contributed by atoms with Crippen molar-refractivity contribution in [3.8, 4) is 0 Å². The van der Waals surface area contributed by atoms with E-state index in [1.807, 2.05) is 6.92 Å². The highest BCUT2D eigenvalue weighted by molar-refractivity contribution is 5.25. The molecule has 0 aliphatic heterocycles. The summed E-state index contributed by atoms with van der Waals surface area (Å²) in [6.07, 6.45) is 6.86. The first-order valence-electron chi connectivity index (χ1n) is 7.39. The minimum absolute atomic E-state index is 0.469. The largest absolute Gasteiger partial charge is 0.466 e. The first-order chi connectivity index (χ1) is 8.65. The van der Waals surface area contributed by atoms with Gasteiger partial charge in [0.25, 0.3) is 0 Å². The Morgan fingerprint density at radius 2 is 2.17 bits per heavy atom. The van der Waals surface area contributed by atoms with Crippen molar-refractivity contribution in [2.75, 3.05) is 7.05 Å². The molecule has 0 bridgehead atoms. The Bertz CT molecular complexity index is 382. The van der Waals surface area contributed by atoms with Gasteiger partial charge in [-0.1, -0.05) is 26.2 Å². The van der Waals surface area contributed by atoms with E-state index in [9.17, 15) is 0 Å². The zero-order valence-corrected chi connectivity index (χ0v) is 12.3. The van der Waals surface area contributed by atoms with Gasteiger partial charge in [-0.15, -0.1) is 0 Å². The number of aryl methyl sites for hydroxylation is 2. The molecule has 0 aromatic carbocycles. The predicted octanol–water partition coefficient (Wildman–Crippen LogP) is 4.37. The molecule has 1 aliphatic carbocycles. The Labute approximate surface area is 111 Å². The summed E-state index contributed by atoms with van der Waals surface area (Å²) >= 11 is 0. The molecule has 1 saturated carbocycles. The third kappa shape index (κ3) is 2.80. The SMILES string of the molecule is CCC1CCCC(C(NC)c2cc(C)oc2C)C1. The van der Waals surface area contributed by atoms with Crippen molar-refractivity contribution in [1.29, 1.82) is 0 Å². The predicted molar refractivity (Wildman–Crippen MR) is 75.7 cm³/mol. The summed E-state index contributed by atoms with van der Waals surface area (Å²) in [5.41, 5.74) is 1.37. The van der Waals surface area contributed by atoms with Crippen LogP contribution in [0.25, 0.3) is 0 Å². The number of nitrogens with one attached hydrogen (secondary N) is 1. The molecule has 2 rings (SSSR count). The Kier molecular flexibility index (Phi) is 4.50. The van der Waals surface area contributed by atoms with E-state index in [4.69, 9.17) is 4.42 Å². The maximum Gasteiger partial charge on any atom is 0.105 e. The molecule has 1 heterocycles. The van der Waals surface area contributed by atoms with Gasteiger partial charge in [0.1, 0.15) is 11.5 Å². The van der Waals surface area contributed by atoms with Gasteiger partial charge >= 0.3 is 0 Å². The molecule has 0 saturated heterocycles. The maximum absolute atomic E-state index is 5.70. The molecule has 1 fully saturated rings. The molecule has 1 aliphatic rings. The van der Waals surface area contributed by atoms with Crippen LogP contribution in [0.15, 0.2) is 10.5 Å². The highest BCUT2D eigenvalue weighted by atomic mass is 16.3. The van der Waals surface area contributed by atoms with E-state index in [2.05, 4.69) is 32.3 Å². The topological polar surface area (TPSA) is 25.2 Å². The van der Waals surface area contributed by atoms with Crippen molar-refractivity contribution >= 4 is 0 Å². The van der Waals surface area contributed by atoms with Crippen molar-refractivity contribution in [2.45, 2.75) is 58.9 Å². The molecular formula is C16H27NO. The lowest BCUT2D eigenvalue weighted by atomic mass is 9.75. The molecular weight excluding hydrogens is 222 g/mol. The van der Waals surface area contributed by atoms with Gasteiger partial charge in [-0.05, 0) is 51.6 Å². The summed E-state index contributed by atoms with van der Waals surface area (Å²) in [4.78, 5) is 0. The molecule has 18 heavy (non-hydrogen) atoms. The quantitative estimate of drug-likeness (QED) is 0.857. The molecule has 3 unspecified atom stereocenters. The molecule has 2 nitrogen and oxygen atoms in total. The van der Waals surface area contributed by atoms with Crippen LogP contribution < -0.4 is 5.32 Å². The molecule has 1 aromatic rings. The molecule has 0 amide bonds. The fourth-order valence-corrected chi connectivity index (χ4v) is 3.61. The zero-order valence-electron chi connectivity index (χ0n) is 12.3. The Balaban J connectivity index is 2.15. The third-order valence-corrected chi connectivity index (χ3v) is 4.60. The molecule has 2 heteroatoms. The highest BCUT2D eigenvalue weighted by Gasteiger charge is 2.29. The van der Waals surface area contributed by atoms with Crippen LogP contribution in [0.1, 0.15) is 62.2 Å². The van der Waals surface area contributed by atoms with E-state index in [0.29, 0.717) is 6.04 Å². The monoisotopic (exact) mass is 249 g/mol. The summed E-state index contributed by atoms with van der Waals surface area (Å²) in [5, 5.41) is 3.53. The van der Waals surface area contributed by atoms with Crippen molar-refractivity contribution < 1.29 is 4.42 Å². The molecule has 0 radical (unpaired) electrons. The second-order valence-electron chi connectivity index (χ2n) is 5.84. The smallest absolute Gasteiger partial charge is 0.105 e. The average molecular weight is 249 g/mol. The Morgan fingerprint density at radius 1 is 1.39 bits per heavy atom. The van der Waals surface area contributed by atoms with Crippen LogP contribution in [0.5, 0.6) is 0 Å². The maximum atomic E-state index is 5.70. The van der Waals surface area contributed by atoms with E-state index in [0.717, 1.165) is 23.4 Å². The van der Waals surface area contributed by atoms with Gasteiger partial charge < -0.3 is 9.73 Å². The van der Waals surface area contributed by atoms with Gasteiger partial charge in [-0.3, -0.25) is 0 Å². The first kappa shape index (κ1) is 13.7. The lowest BCUT2D eigenvalue weighted by Crippen LogP contribution is -2.29. The van der Waals surface area contributed by atoms with Gasteiger partial charge in [0.05, 0.1) is 0 Å². The molecule has 102 valence electrons. The number of hydrogen-bond acceptors (Lipinski definition) is 2. The summed E-state index contributed by atoms with van der Waals surface area (Å²) in [6, 6.07) is 2.68. The number of furan rings is 1. The van der Waals surface area contributed by atoms with E-state index in [1.165, 1.54) is 37.7 Å². The van der Waals surface area contributed by atoms with Crippen LogP contribution in [-0.4, -0.2) is 7.05 Å². The molecule has 3 atom stereocenters. The fraction of sp³-hybridized carbons (Fsp3) is 0.750. The minimum Gasteiger partial charge on any atom is -0.466 e. The normalized spacial score (nSPS) is 26.2. The standard InChI is InChI=1S/C16H27NO/c1-5-13-7-6-8-14(10-13)16(17-4)15-9-11(2)18-12(15)3/h9,13-14,16-17H,5-8,10H2,1-4H3. The third-order valence-electron chi connectivity index (χ3n) is 4.60. The van der Waals surface area contributed by atoms with Crippen molar-refractivity contribution in [3.63, 3.8) is 0 Å². The molecule has 1 aromatic heterocycles. The fourth-order valence-electron chi connectivity index (χ4n) is 3.61. The van der Waals surface area contributed by atoms with Crippen LogP contribution in [0.3, 0.4) is 0 Å². The average Bonchev–Trinajstić information content (AvgIpc) is 2.70. The van der Waals surface area contributed by atoms with Crippen molar-refractivity contribution in [3.05, 3.63) is 23.2 Å². The van der Waals surface area contributed by atoms with Crippen LogP contribution in [-0.2, 0) is 0 Å². The zero-order chi connectivity index (χ0) is 13.1. The number of rotatable bonds is 4. The van der Waals surface area contributed by atoms with Gasteiger partial charge in [0, 0.05) is 11.6 Å². The van der Waals surface area contributed by atoms with E-state index in [-0.39, 0.29) is 0 Å². The van der Waals surface area contributed by atoms with Crippen LogP contribution in [0.2, 0.25) is 0 Å². The summed E-state index contributed by atoms with van der Waals surface area (Å²) in [6.45, 7) is 6.46. The summed E-state index contributed by atoms with van der Waals surface area (Å²) < 4.78 is 5.70. The first-order valence-corrected chi connectivity index (χ1v) is 7.39. The summed E-state index contributed by atoms with van der Waals surface area (Å²) in [7, 11) is 2.09. The second kappa shape index (κ2) is 5.92. The van der Waals surface area contributed by atoms with Crippen LogP contribution in [0.4, 0.5) is 0 Å². The van der Waals surface area contributed by atoms with Crippen LogP contribution in [0, 0.1) is 25.7 Å². The minimum atomic E-state index is 0.469. The van der Waals surface area contributed by atoms with E-state index in [1.54, 1.807) is 0 Å². The summed E-state index contributed by atoms with van der Waals surface area (Å²) in [5.74, 6) is 3.81. The Hall–Kier alpha value is -0.760. The van der Waals surface area contributed by atoms with Gasteiger partial charge in [0.15, 0.2) is 0 Å². The second-order valence-corrected chi connectivity index (χ2v) is 5.84. The lowest BCUT2D eigenvalue weighted by molar-refractivity contribution is 0.213. The van der Waals surface area contributed by atoms with Crippen molar-refractivity contribution in [2.24, 2.45) is 11.8 Å². The molecule has 0 spiro atoms. The van der Waals surface area contributed by atoms with Crippen molar-refractivity contribution in [1.82, 2.24) is 5.32 Å². The Morgan fingerprint density at radius 3 is 2.72 bits per heavy atom. The highest BCUT2D eigenvalue weighted by Crippen LogP contribution is 2.39. The molecule has 1 N–H and O–H groups in total. The van der Waals surface area contributed by atoms with Crippen LogP contribution >= 0.6 is 0 Å². The lowest BCUT2D eigenvalue weighted by Gasteiger charge is -2.34. The van der Waals surface area contributed by atoms with Gasteiger partial charge in [0.2, 0.25) is 0 Å².